The van der Waals surface area contributed by atoms with Gasteiger partial charge in [0.2, 0.25) is 0 Å². The fourth-order valence-corrected chi connectivity index (χ4v) is 3.31. The highest BCUT2D eigenvalue weighted by Crippen LogP contribution is 2.28. The number of amidine groups is 1. The molecule has 0 heterocycles. The molecular formula is C9H17F3N4O2S. The van der Waals surface area contributed by atoms with Crippen molar-refractivity contribution >= 4 is 16.0 Å². The number of nitrogens with two attached hydrogens (primary N) is 1. The molecule has 1 saturated carbocycles. The summed E-state index contributed by atoms with van der Waals surface area (Å²) in [7, 11) is -4.36. The van der Waals surface area contributed by atoms with Crippen molar-refractivity contribution in [3.8, 4) is 0 Å². The molecular weight excluding hydrogens is 285 g/mol. The topological polar surface area (TPSA) is 108 Å². The van der Waals surface area contributed by atoms with Gasteiger partial charge in [0.1, 0.15) is 12.4 Å². The zero-order valence-electron chi connectivity index (χ0n) is 10.2. The quantitative estimate of drug-likeness (QED) is 0.441. The first-order valence-electron chi connectivity index (χ1n) is 5.76. The van der Waals surface area contributed by atoms with E-state index in [9.17, 15) is 21.6 Å². The van der Waals surface area contributed by atoms with Crippen LogP contribution in [0.1, 0.15) is 32.1 Å². The SMILES string of the molecule is N=C(N)C1(NS(=O)(=O)NCC(F)(F)F)CCCCC1. The Kier molecular flexibility index (Phi) is 4.80. The van der Waals surface area contributed by atoms with Gasteiger partial charge >= 0.3 is 6.18 Å². The number of halogens is 3. The zero-order chi connectivity index (χ0) is 14.7. The molecule has 0 aromatic heterocycles. The predicted molar refractivity (Wildman–Crippen MR) is 63.8 cm³/mol. The van der Waals surface area contributed by atoms with Crippen molar-refractivity contribution in [1.29, 1.82) is 5.41 Å². The average Bonchev–Trinajstić information content (AvgIpc) is 2.26. The van der Waals surface area contributed by atoms with Gasteiger partial charge in [0.15, 0.2) is 0 Å². The van der Waals surface area contributed by atoms with Crippen LogP contribution in [0, 0.1) is 5.41 Å². The lowest BCUT2D eigenvalue weighted by atomic mass is 9.82. The molecule has 112 valence electrons. The van der Waals surface area contributed by atoms with Gasteiger partial charge in [0, 0.05) is 0 Å². The Hall–Kier alpha value is -0.870. The van der Waals surface area contributed by atoms with E-state index < -0.39 is 28.5 Å². The first-order valence-corrected chi connectivity index (χ1v) is 7.24. The van der Waals surface area contributed by atoms with Crippen molar-refractivity contribution < 1.29 is 21.6 Å². The van der Waals surface area contributed by atoms with E-state index in [0.717, 1.165) is 6.42 Å². The van der Waals surface area contributed by atoms with Crippen molar-refractivity contribution in [1.82, 2.24) is 9.44 Å². The predicted octanol–water partition coefficient (Wildman–Crippen LogP) is 0.612. The Morgan fingerprint density at radius 1 is 1.26 bits per heavy atom. The van der Waals surface area contributed by atoms with Crippen LogP contribution in [0.4, 0.5) is 13.2 Å². The number of hydrogen-bond acceptors (Lipinski definition) is 3. The standard InChI is InChI=1S/C9H17F3N4O2S/c10-9(11,12)6-15-19(17,18)16-8(7(13)14)4-2-1-3-5-8/h15-16H,1-6H2,(H3,13,14). The van der Waals surface area contributed by atoms with Gasteiger partial charge in [-0.25, -0.2) is 0 Å². The van der Waals surface area contributed by atoms with E-state index in [-0.39, 0.29) is 5.84 Å². The Bertz CT molecular complexity index is 429. The van der Waals surface area contributed by atoms with Crippen LogP contribution in [0.2, 0.25) is 0 Å². The second-order valence-corrected chi connectivity index (χ2v) is 6.10. The van der Waals surface area contributed by atoms with Crippen LogP contribution in [0.5, 0.6) is 0 Å². The highest BCUT2D eigenvalue weighted by atomic mass is 32.2. The summed E-state index contributed by atoms with van der Waals surface area (Å²) in [5, 5.41) is 7.47. The lowest BCUT2D eigenvalue weighted by Crippen LogP contribution is -2.60. The van der Waals surface area contributed by atoms with E-state index in [1.54, 1.807) is 0 Å². The van der Waals surface area contributed by atoms with Crippen molar-refractivity contribution in [3.05, 3.63) is 0 Å². The molecule has 0 aromatic rings. The maximum Gasteiger partial charge on any atom is 0.402 e. The number of nitrogens with one attached hydrogen (secondary N) is 3. The van der Waals surface area contributed by atoms with E-state index in [0.29, 0.717) is 25.7 Å². The van der Waals surface area contributed by atoms with E-state index in [4.69, 9.17) is 11.1 Å². The highest BCUT2D eigenvalue weighted by Gasteiger charge is 2.40. The summed E-state index contributed by atoms with van der Waals surface area (Å²) in [6, 6.07) is 0. The summed E-state index contributed by atoms with van der Waals surface area (Å²) in [6.45, 7) is -1.66. The summed E-state index contributed by atoms with van der Waals surface area (Å²) in [4.78, 5) is 0. The Morgan fingerprint density at radius 2 is 1.79 bits per heavy atom. The third-order valence-corrected chi connectivity index (χ3v) is 4.20. The average molecular weight is 302 g/mol. The number of alkyl halides is 3. The molecule has 0 spiro atoms. The molecule has 1 aliphatic rings. The fourth-order valence-electron chi connectivity index (χ4n) is 2.05. The smallest absolute Gasteiger partial charge is 0.386 e. The van der Waals surface area contributed by atoms with Crippen molar-refractivity contribution in [2.45, 2.75) is 43.8 Å². The first kappa shape index (κ1) is 16.2. The summed E-state index contributed by atoms with van der Waals surface area (Å²) in [6.07, 6.45) is -1.79. The minimum Gasteiger partial charge on any atom is -0.386 e. The number of hydrogen-bond donors (Lipinski definition) is 4. The van der Waals surface area contributed by atoms with Crippen LogP contribution in [-0.2, 0) is 10.2 Å². The maximum atomic E-state index is 12.0. The molecule has 0 aliphatic heterocycles. The Balaban J connectivity index is 2.76. The molecule has 0 atom stereocenters. The molecule has 5 N–H and O–H groups in total. The molecule has 0 aromatic carbocycles. The third kappa shape index (κ3) is 4.96. The van der Waals surface area contributed by atoms with Crippen LogP contribution in [-0.4, -0.2) is 32.5 Å². The Morgan fingerprint density at radius 3 is 2.21 bits per heavy atom. The van der Waals surface area contributed by atoms with Gasteiger partial charge < -0.3 is 5.73 Å². The van der Waals surface area contributed by atoms with Gasteiger partial charge in [-0.2, -0.15) is 31.0 Å². The van der Waals surface area contributed by atoms with E-state index >= 15 is 0 Å². The van der Waals surface area contributed by atoms with Crippen LogP contribution >= 0.6 is 0 Å². The van der Waals surface area contributed by atoms with Crippen molar-refractivity contribution in [3.63, 3.8) is 0 Å². The molecule has 19 heavy (non-hydrogen) atoms. The minimum atomic E-state index is -4.63. The number of rotatable bonds is 5. The van der Waals surface area contributed by atoms with Gasteiger partial charge in [-0.15, -0.1) is 0 Å². The second-order valence-electron chi connectivity index (χ2n) is 4.60. The minimum absolute atomic E-state index is 0.315. The van der Waals surface area contributed by atoms with Crippen LogP contribution in [0.3, 0.4) is 0 Å². The van der Waals surface area contributed by atoms with E-state index in [2.05, 4.69) is 4.72 Å². The zero-order valence-corrected chi connectivity index (χ0v) is 11.0. The van der Waals surface area contributed by atoms with Crippen LogP contribution in [0.25, 0.3) is 0 Å². The van der Waals surface area contributed by atoms with Gasteiger partial charge in [-0.05, 0) is 12.8 Å². The first-order chi connectivity index (χ1) is 8.56. The van der Waals surface area contributed by atoms with Gasteiger partial charge in [-0.3, -0.25) is 5.41 Å². The summed E-state index contributed by atoms with van der Waals surface area (Å²) in [5.74, 6) is -0.371. The molecule has 1 rings (SSSR count). The second kappa shape index (κ2) is 5.63. The molecule has 10 heteroatoms. The van der Waals surface area contributed by atoms with Crippen molar-refractivity contribution in [2.24, 2.45) is 5.73 Å². The monoisotopic (exact) mass is 302 g/mol. The van der Waals surface area contributed by atoms with E-state index in [1.807, 2.05) is 0 Å². The van der Waals surface area contributed by atoms with Gasteiger partial charge in [-0.1, -0.05) is 19.3 Å². The normalized spacial score (nSPS) is 20.2. The van der Waals surface area contributed by atoms with Gasteiger partial charge in [0.05, 0.1) is 5.54 Å². The lowest BCUT2D eigenvalue weighted by Gasteiger charge is -2.36. The lowest BCUT2D eigenvalue weighted by molar-refractivity contribution is -0.121. The third-order valence-electron chi connectivity index (χ3n) is 3.02. The fraction of sp³-hybridized carbons (Fsp3) is 0.889. The maximum absolute atomic E-state index is 12.0. The molecule has 1 fully saturated rings. The summed E-state index contributed by atoms with van der Waals surface area (Å²) >= 11 is 0. The largest absolute Gasteiger partial charge is 0.402 e. The molecule has 6 nitrogen and oxygen atoms in total. The van der Waals surface area contributed by atoms with Crippen LogP contribution < -0.4 is 15.2 Å². The van der Waals surface area contributed by atoms with Crippen molar-refractivity contribution in [2.75, 3.05) is 6.54 Å². The molecule has 0 bridgehead atoms. The summed E-state index contributed by atoms with van der Waals surface area (Å²) < 4.78 is 62.7. The molecule has 0 saturated heterocycles. The highest BCUT2D eigenvalue weighted by molar-refractivity contribution is 7.87. The molecule has 0 radical (unpaired) electrons. The molecule has 0 unspecified atom stereocenters. The Labute approximate surface area is 109 Å². The van der Waals surface area contributed by atoms with Crippen LogP contribution in [0.15, 0.2) is 0 Å². The molecule has 1 aliphatic carbocycles. The van der Waals surface area contributed by atoms with Gasteiger partial charge in [0.25, 0.3) is 10.2 Å². The van der Waals surface area contributed by atoms with E-state index in [1.165, 1.54) is 4.72 Å². The molecule has 0 amide bonds. The summed E-state index contributed by atoms with van der Waals surface area (Å²) in [5.41, 5.74) is 4.13.